The van der Waals surface area contributed by atoms with E-state index in [-0.39, 0.29) is 0 Å². The molecule has 0 saturated carbocycles. The molecule has 1 aromatic rings. The Morgan fingerprint density at radius 1 is 1.44 bits per heavy atom. The Bertz CT molecular complexity index is 352. The van der Waals surface area contributed by atoms with E-state index in [1.54, 1.807) is 0 Å². The molecule has 88 valence electrons. The van der Waals surface area contributed by atoms with E-state index in [9.17, 15) is 0 Å². The zero-order valence-corrected chi connectivity index (χ0v) is 9.91. The highest BCUT2D eigenvalue weighted by atomic mass is 16.5. The lowest BCUT2D eigenvalue weighted by Crippen LogP contribution is -2.26. The molecule has 3 nitrogen and oxygen atoms in total. The number of rotatable bonds is 3. The van der Waals surface area contributed by atoms with Crippen LogP contribution in [-0.4, -0.2) is 24.6 Å². The Kier molecular flexibility index (Phi) is 3.80. The van der Waals surface area contributed by atoms with Gasteiger partial charge in [-0.25, -0.2) is 0 Å². The summed E-state index contributed by atoms with van der Waals surface area (Å²) in [6.45, 7) is 6.73. The molecule has 0 radical (unpaired) electrons. The third-order valence-corrected chi connectivity index (χ3v) is 2.96. The van der Waals surface area contributed by atoms with Gasteiger partial charge in [-0.2, -0.15) is 0 Å². The lowest BCUT2D eigenvalue weighted by molar-refractivity contribution is 0.226. The molecule has 0 bridgehead atoms. The number of nitrogens with zero attached hydrogens (tertiary/aromatic N) is 1. The molecule has 2 rings (SSSR count). The van der Waals surface area contributed by atoms with Gasteiger partial charge in [0.25, 0.3) is 0 Å². The van der Waals surface area contributed by atoms with Crippen molar-refractivity contribution in [1.82, 2.24) is 4.90 Å². The van der Waals surface area contributed by atoms with E-state index in [2.05, 4.69) is 17.9 Å². The maximum absolute atomic E-state index is 5.74. The number of benzene rings is 1. The molecule has 0 atom stereocenters. The van der Waals surface area contributed by atoms with Crippen molar-refractivity contribution in [3.63, 3.8) is 0 Å². The van der Waals surface area contributed by atoms with Gasteiger partial charge in [-0.05, 0) is 30.7 Å². The van der Waals surface area contributed by atoms with Crippen molar-refractivity contribution in [2.75, 3.05) is 19.7 Å². The molecule has 3 heteroatoms. The molecule has 0 spiro atoms. The molecule has 2 N–H and O–H groups in total. The van der Waals surface area contributed by atoms with Gasteiger partial charge >= 0.3 is 0 Å². The molecule has 0 unspecified atom stereocenters. The van der Waals surface area contributed by atoms with Gasteiger partial charge in [-0.1, -0.05) is 13.0 Å². The van der Waals surface area contributed by atoms with Crippen LogP contribution in [-0.2, 0) is 13.1 Å². The Balaban J connectivity index is 2.19. The monoisotopic (exact) mass is 220 g/mol. The van der Waals surface area contributed by atoms with Gasteiger partial charge < -0.3 is 10.5 Å². The van der Waals surface area contributed by atoms with Crippen molar-refractivity contribution in [3.8, 4) is 5.75 Å². The molecule has 1 aliphatic heterocycles. The lowest BCUT2D eigenvalue weighted by atomic mass is 10.1. The van der Waals surface area contributed by atoms with E-state index in [1.807, 2.05) is 12.1 Å². The minimum absolute atomic E-state index is 0.598. The summed E-state index contributed by atoms with van der Waals surface area (Å²) in [7, 11) is 0. The van der Waals surface area contributed by atoms with Crippen molar-refractivity contribution in [1.29, 1.82) is 0 Å². The van der Waals surface area contributed by atoms with Crippen LogP contribution < -0.4 is 10.5 Å². The first kappa shape index (κ1) is 11.4. The maximum atomic E-state index is 5.74. The molecule has 0 aliphatic carbocycles. The minimum Gasteiger partial charge on any atom is -0.492 e. The smallest absolute Gasteiger partial charge is 0.123 e. The summed E-state index contributed by atoms with van der Waals surface area (Å²) in [5, 5.41) is 0. The van der Waals surface area contributed by atoms with E-state index in [1.165, 1.54) is 17.5 Å². The van der Waals surface area contributed by atoms with Crippen molar-refractivity contribution in [3.05, 3.63) is 29.3 Å². The first-order chi connectivity index (χ1) is 7.83. The average Bonchev–Trinajstić information content (AvgIpc) is 2.50. The SMILES string of the molecule is CCCN1CCOc2ccc(CN)cc2C1. The van der Waals surface area contributed by atoms with Gasteiger partial charge in [0.05, 0.1) is 0 Å². The van der Waals surface area contributed by atoms with Gasteiger partial charge in [-0.3, -0.25) is 4.90 Å². The Labute approximate surface area is 97.2 Å². The Morgan fingerprint density at radius 3 is 3.06 bits per heavy atom. The fourth-order valence-electron chi connectivity index (χ4n) is 2.14. The highest BCUT2D eigenvalue weighted by Gasteiger charge is 2.14. The van der Waals surface area contributed by atoms with Crippen LogP contribution in [0, 0.1) is 0 Å². The predicted octanol–water partition coefficient (Wildman–Crippen LogP) is 1.75. The predicted molar refractivity (Wildman–Crippen MR) is 65.4 cm³/mol. The quantitative estimate of drug-likeness (QED) is 0.843. The summed E-state index contributed by atoms with van der Waals surface area (Å²) in [6.07, 6.45) is 1.19. The fraction of sp³-hybridized carbons (Fsp3) is 0.538. The van der Waals surface area contributed by atoms with Crippen molar-refractivity contribution in [2.45, 2.75) is 26.4 Å². The van der Waals surface area contributed by atoms with Gasteiger partial charge in [0.2, 0.25) is 0 Å². The number of nitrogens with two attached hydrogens (primary N) is 1. The van der Waals surface area contributed by atoms with Gasteiger partial charge in [0.1, 0.15) is 12.4 Å². The van der Waals surface area contributed by atoms with Gasteiger partial charge in [0.15, 0.2) is 0 Å². The third kappa shape index (κ3) is 2.54. The molecule has 1 aliphatic rings. The van der Waals surface area contributed by atoms with Crippen LogP contribution in [0.5, 0.6) is 5.75 Å². The molecular formula is C13H20N2O. The average molecular weight is 220 g/mol. The van der Waals surface area contributed by atoms with Crippen LogP contribution in [0.15, 0.2) is 18.2 Å². The molecule has 0 fully saturated rings. The van der Waals surface area contributed by atoms with Crippen LogP contribution in [0.1, 0.15) is 24.5 Å². The summed E-state index contributed by atoms with van der Waals surface area (Å²) in [5.41, 5.74) is 8.11. The number of hydrogen-bond acceptors (Lipinski definition) is 3. The molecule has 0 amide bonds. The standard InChI is InChI=1S/C13H20N2O/c1-2-5-15-6-7-16-13-4-3-11(9-14)8-12(13)10-15/h3-4,8H,2,5-7,9-10,14H2,1H3. The zero-order chi connectivity index (χ0) is 11.4. The van der Waals surface area contributed by atoms with E-state index in [0.717, 1.165) is 32.0 Å². The molecule has 1 heterocycles. The zero-order valence-electron chi connectivity index (χ0n) is 9.91. The topological polar surface area (TPSA) is 38.5 Å². The normalized spacial score (nSPS) is 16.4. The van der Waals surface area contributed by atoms with Crippen LogP contribution in [0.25, 0.3) is 0 Å². The summed E-state index contributed by atoms with van der Waals surface area (Å²) >= 11 is 0. The first-order valence-electron chi connectivity index (χ1n) is 6.00. The fourth-order valence-corrected chi connectivity index (χ4v) is 2.14. The van der Waals surface area contributed by atoms with Crippen LogP contribution in [0.3, 0.4) is 0 Å². The van der Waals surface area contributed by atoms with Gasteiger partial charge in [0, 0.05) is 25.2 Å². The molecule has 0 aromatic heterocycles. The largest absolute Gasteiger partial charge is 0.492 e. The highest BCUT2D eigenvalue weighted by molar-refractivity contribution is 5.37. The summed E-state index contributed by atoms with van der Waals surface area (Å²) in [6, 6.07) is 6.27. The summed E-state index contributed by atoms with van der Waals surface area (Å²) < 4.78 is 5.74. The highest BCUT2D eigenvalue weighted by Crippen LogP contribution is 2.24. The van der Waals surface area contributed by atoms with Crippen molar-refractivity contribution >= 4 is 0 Å². The summed E-state index contributed by atoms with van der Waals surface area (Å²) in [4.78, 5) is 2.44. The molecule has 0 saturated heterocycles. The molecule has 16 heavy (non-hydrogen) atoms. The van der Waals surface area contributed by atoms with E-state index >= 15 is 0 Å². The molecular weight excluding hydrogens is 200 g/mol. The van der Waals surface area contributed by atoms with Crippen molar-refractivity contribution < 1.29 is 4.74 Å². The first-order valence-corrected chi connectivity index (χ1v) is 6.00. The van der Waals surface area contributed by atoms with E-state index < -0.39 is 0 Å². The number of ether oxygens (including phenoxy) is 1. The van der Waals surface area contributed by atoms with Crippen molar-refractivity contribution in [2.24, 2.45) is 5.73 Å². The van der Waals surface area contributed by atoms with E-state index in [0.29, 0.717) is 6.54 Å². The van der Waals surface area contributed by atoms with Crippen LogP contribution in [0.4, 0.5) is 0 Å². The van der Waals surface area contributed by atoms with Gasteiger partial charge in [-0.15, -0.1) is 0 Å². The Hall–Kier alpha value is -1.06. The third-order valence-electron chi connectivity index (χ3n) is 2.96. The maximum Gasteiger partial charge on any atom is 0.123 e. The second-order valence-corrected chi connectivity index (χ2v) is 4.27. The second-order valence-electron chi connectivity index (χ2n) is 4.27. The Morgan fingerprint density at radius 2 is 2.31 bits per heavy atom. The molecule has 1 aromatic carbocycles. The number of fused-ring (bicyclic) bond motifs is 1. The summed E-state index contributed by atoms with van der Waals surface area (Å²) in [5.74, 6) is 1.02. The van der Waals surface area contributed by atoms with Crippen LogP contribution in [0.2, 0.25) is 0 Å². The minimum atomic E-state index is 0.598. The van der Waals surface area contributed by atoms with Crippen LogP contribution >= 0.6 is 0 Å². The van der Waals surface area contributed by atoms with E-state index in [4.69, 9.17) is 10.5 Å². The lowest BCUT2D eigenvalue weighted by Gasteiger charge is -2.18. The number of hydrogen-bond donors (Lipinski definition) is 1. The second kappa shape index (κ2) is 5.32.